The van der Waals surface area contributed by atoms with Crippen molar-refractivity contribution in [3.8, 4) is 80.1 Å². The van der Waals surface area contributed by atoms with Gasteiger partial charge in [-0.25, -0.2) is 0 Å². The maximum absolute atomic E-state index is 11.3. The van der Waals surface area contributed by atoms with Crippen LogP contribution in [0.2, 0.25) is 0 Å². The first-order chi connectivity index (χ1) is 23.2. The lowest BCUT2D eigenvalue weighted by atomic mass is 9.85. The molecule has 254 valence electrons. The molecule has 12 nitrogen and oxygen atoms in total. The molecule has 2 heterocycles. The highest BCUT2D eigenvalue weighted by Gasteiger charge is 2.34. The lowest BCUT2D eigenvalue weighted by Gasteiger charge is -2.32. The van der Waals surface area contributed by atoms with Gasteiger partial charge in [-0.15, -0.1) is 0 Å². The molecule has 48 heavy (non-hydrogen) atoms. The van der Waals surface area contributed by atoms with Crippen LogP contribution in [0.4, 0.5) is 0 Å². The highest BCUT2D eigenvalue weighted by atomic mass is 16.5. The Bertz CT molecular complexity index is 1730. The topological polar surface area (TPSA) is 155 Å². The maximum atomic E-state index is 11.3. The van der Waals surface area contributed by atoms with Gasteiger partial charge in [-0.1, -0.05) is 0 Å². The second-order valence-corrected chi connectivity index (χ2v) is 11.4. The van der Waals surface area contributed by atoms with E-state index in [1.165, 1.54) is 42.7 Å². The third kappa shape index (κ3) is 5.36. The quantitative estimate of drug-likeness (QED) is 0.158. The number of aromatic hydroxyl groups is 4. The fourth-order valence-corrected chi connectivity index (χ4v) is 6.59. The van der Waals surface area contributed by atoms with E-state index < -0.39 is 12.2 Å². The minimum absolute atomic E-state index is 0.0961. The van der Waals surface area contributed by atoms with E-state index in [1.54, 1.807) is 36.4 Å². The van der Waals surface area contributed by atoms with E-state index in [0.717, 1.165) is 11.1 Å². The van der Waals surface area contributed by atoms with Gasteiger partial charge in [0.05, 0.1) is 42.7 Å². The number of hydrogen-bond acceptors (Lipinski definition) is 12. The first-order valence-electron chi connectivity index (χ1n) is 15.3. The third-order valence-corrected chi connectivity index (χ3v) is 8.92. The fraction of sp³-hybridized carbons (Fsp3) is 0.333. The zero-order valence-corrected chi connectivity index (χ0v) is 27.5. The summed E-state index contributed by atoms with van der Waals surface area (Å²) in [6.07, 6.45) is 0.959. The number of ether oxygens (including phenoxy) is 8. The number of methoxy groups -OCH3 is 6. The molecule has 2 aliphatic heterocycles. The molecule has 0 radical (unpaired) electrons. The van der Waals surface area contributed by atoms with E-state index in [9.17, 15) is 20.4 Å². The lowest BCUT2D eigenvalue weighted by Crippen LogP contribution is -2.18. The Morgan fingerprint density at radius 3 is 1.21 bits per heavy atom. The third-order valence-electron chi connectivity index (χ3n) is 8.92. The van der Waals surface area contributed by atoms with Crippen LogP contribution in [0.15, 0.2) is 36.4 Å². The summed E-state index contributed by atoms with van der Waals surface area (Å²) in [5, 5.41) is 43.8. The Balaban J connectivity index is 1.44. The Hall–Kier alpha value is -5.52. The Kier molecular flexibility index (Phi) is 8.74. The first kappa shape index (κ1) is 32.4. The molecule has 0 saturated heterocycles. The molecule has 0 amide bonds. The van der Waals surface area contributed by atoms with E-state index in [-0.39, 0.29) is 57.5 Å². The molecule has 6 rings (SSSR count). The van der Waals surface area contributed by atoms with E-state index in [0.29, 0.717) is 59.4 Å². The van der Waals surface area contributed by atoms with Crippen molar-refractivity contribution < 1.29 is 58.3 Å². The number of hydrogen-bond donors (Lipinski definition) is 4. The zero-order valence-electron chi connectivity index (χ0n) is 27.5. The Labute approximate surface area is 277 Å². The fourth-order valence-electron chi connectivity index (χ4n) is 6.59. The largest absolute Gasteiger partial charge is 0.504 e. The highest BCUT2D eigenvalue weighted by molar-refractivity contribution is 5.82. The molecule has 0 bridgehead atoms. The van der Waals surface area contributed by atoms with Crippen molar-refractivity contribution in [1.29, 1.82) is 0 Å². The molecule has 2 unspecified atom stereocenters. The molecule has 0 aromatic heterocycles. The molecule has 0 spiro atoms. The highest BCUT2D eigenvalue weighted by Crippen LogP contribution is 2.55. The number of rotatable bonds is 9. The molecule has 12 heteroatoms. The van der Waals surface area contributed by atoms with Gasteiger partial charge in [0.2, 0.25) is 23.0 Å². The van der Waals surface area contributed by atoms with Crippen LogP contribution in [-0.4, -0.2) is 63.1 Å². The summed E-state index contributed by atoms with van der Waals surface area (Å²) in [6, 6.07) is 10.1. The van der Waals surface area contributed by atoms with E-state index in [2.05, 4.69) is 0 Å². The second-order valence-electron chi connectivity index (χ2n) is 11.4. The van der Waals surface area contributed by atoms with Crippen LogP contribution in [0.3, 0.4) is 0 Å². The molecular formula is C36H38O12. The standard InChI is InChI=1S/C36H38O12/c1-41-27-15-21(19-7-9-25(47-33(19)31(27)39)17-11-23(37)35(45-5)29(13-17)43-3)22-16-28(42-2)32(40)34-20(22)8-10-26(48-34)18-12-24(38)36(46-6)30(14-18)44-4/h11-16,25-26,37-40H,7-10H2,1-6H3. The predicted octanol–water partition coefficient (Wildman–Crippen LogP) is 6.36. The summed E-state index contributed by atoms with van der Waals surface area (Å²) >= 11 is 0. The summed E-state index contributed by atoms with van der Waals surface area (Å²) in [5.41, 5.74) is 4.18. The minimum Gasteiger partial charge on any atom is -0.504 e. The molecule has 2 atom stereocenters. The van der Waals surface area contributed by atoms with Crippen LogP contribution in [0.5, 0.6) is 69.0 Å². The van der Waals surface area contributed by atoms with Crippen molar-refractivity contribution in [2.45, 2.75) is 37.9 Å². The maximum Gasteiger partial charge on any atom is 0.203 e. The van der Waals surface area contributed by atoms with Gasteiger partial charge in [0.15, 0.2) is 46.0 Å². The smallest absolute Gasteiger partial charge is 0.203 e. The van der Waals surface area contributed by atoms with Gasteiger partial charge in [-0.3, -0.25) is 0 Å². The van der Waals surface area contributed by atoms with Gasteiger partial charge in [-0.2, -0.15) is 0 Å². The van der Waals surface area contributed by atoms with Crippen molar-refractivity contribution in [2.75, 3.05) is 42.7 Å². The molecule has 0 aliphatic carbocycles. The Morgan fingerprint density at radius 2 is 0.875 bits per heavy atom. The van der Waals surface area contributed by atoms with E-state index in [1.807, 2.05) is 0 Å². The van der Waals surface area contributed by atoms with Crippen molar-refractivity contribution in [2.24, 2.45) is 0 Å². The van der Waals surface area contributed by atoms with Crippen LogP contribution in [0.25, 0.3) is 11.1 Å². The average molecular weight is 663 g/mol. The second kappa shape index (κ2) is 12.9. The molecule has 4 aromatic rings. The van der Waals surface area contributed by atoms with Crippen molar-refractivity contribution >= 4 is 0 Å². The van der Waals surface area contributed by atoms with Crippen molar-refractivity contribution in [3.05, 3.63) is 58.7 Å². The number of fused-ring (bicyclic) bond motifs is 2. The minimum atomic E-state index is -0.528. The monoisotopic (exact) mass is 662 g/mol. The Morgan fingerprint density at radius 1 is 0.500 bits per heavy atom. The number of benzene rings is 4. The molecule has 0 fully saturated rings. The predicted molar refractivity (Wildman–Crippen MR) is 174 cm³/mol. The van der Waals surface area contributed by atoms with E-state index in [4.69, 9.17) is 37.9 Å². The number of phenols is 4. The SMILES string of the molecule is COc1cc(-c2cc(OC)c(O)c3c2CCC(c2cc(O)c(OC)c(OC)c2)O3)c2c(c1O)OC(c1cc(O)c(OC)c(OC)c1)CC2. The van der Waals surface area contributed by atoms with Gasteiger partial charge >= 0.3 is 0 Å². The van der Waals surface area contributed by atoms with Crippen LogP contribution in [0, 0.1) is 0 Å². The summed E-state index contributed by atoms with van der Waals surface area (Å²) in [5.74, 6) is 1.48. The normalized spacial score (nSPS) is 16.5. The van der Waals surface area contributed by atoms with Crippen LogP contribution in [0.1, 0.15) is 47.3 Å². The van der Waals surface area contributed by atoms with Crippen molar-refractivity contribution in [1.82, 2.24) is 0 Å². The van der Waals surface area contributed by atoms with E-state index >= 15 is 0 Å². The van der Waals surface area contributed by atoms with Gasteiger partial charge in [0.25, 0.3) is 0 Å². The molecule has 0 saturated carbocycles. The molecule has 4 N–H and O–H groups in total. The summed E-state index contributed by atoms with van der Waals surface area (Å²) in [7, 11) is 8.77. The van der Waals surface area contributed by atoms with Crippen LogP contribution in [-0.2, 0) is 12.8 Å². The molecule has 2 aliphatic rings. The summed E-state index contributed by atoms with van der Waals surface area (Å²) < 4.78 is 45.5. The lowest BCUT2D eigenvalue weighted by molar-refractivity contribution is 0.166. The van der Waals surface area contributed by atoms with Gasteiger partial charge in [0, 0.05) is 11.1 Å². The first-order valence-corrected chi connectivity index (χ1v) is 15.3. The van der Waals surface area contributed by atoms with Crippen LogP contribution >= 0.6 is 0 Å². The van der Waals surface area contributed by atoms with Gasteiger partial charge < -0.3 is 58.3 Å². The van der Waals surface area contributed by atoms with Gasteiger partial charge in [0.1, 0.15) is 12.2 Å². The zero-order chi connectivity index (χ0) is 34.3. The molecular weight excluding hydrogens is 624 g/mol. The van der Waals surface area contributed by atoms with Crippen molar-refractivity contribution in [3.63, 3.8) is 0 Å². The summed E-state index contributed by atoms with van der Waals surface area (Å²) in [6.45, 7) is 0. The molecule has 4 aromatic carbocycles. The number of phenolic OH excluding ortho intramolecular Hbond substituents is 4. The summed E-state index contributed by atoms with van der Waals surface area (Å²) in [4.78, 5) is 0. The van der Waals surface area contributed by atoms with Gasteiger partial charge in [-0.05, 0) is 84.3 Å². The average Bonchev–Trinajstić information content (AvgIpc) is 3.11. The van der Waals surface area contributed by atoms with Crippen LogP contribution < -0.4 is 37.9 Å².